The first-order valence-corrected chi connectivity index (χ1v) is 7.20. The van der Waals surface area contributed by atoms with E-state index >= 15 is 0 Å². The van der Waals surface area contributed by atoms with E-state index < -0.39 is 10.7 Å². The normalized spacial score (nSPS) is 23.1. The fourth-order valence-electron chi connectivity index (χ4n) is 2.84. The van der Waals surface area contributed by atoms with Crippen molar-refractivity contribution >= 4 is 11.4 Å². The Balaban J connectivity index is 2.27. The molecule has 110 valence electrons. The summed E-state index contributed by atoms with van der Waals surface area (Å²) in [6.07, 6.45) is 5.70. The second kappa shape index (κ2) is 6.20. The predicted molar refractivity (Wildman–Crippen MR) is 77.5 cm³/mol. The molecule has 1 aromatic rings. The van der Waals surface area contributed by atoms with E-state index in [0.717, 1.165) is 25.3 Å². The number of nitrogens with zero attached hydrogens (tertiary/aromatic N) is 1. The summed E-state index contributed by atoms with van der Waals surface area (Å²) >= 11 is 0. The average Bonchev–Trinajstić information content (AvgIpc) is 2.59. The maximum atomic E-state index is 13.5. The Hall–Kier alpha value is -1.65. The molecule has 0 spiro atoms. The second-order valence-corrected chi connectivity index (χ2v) is 5.74. The summed E-state index contributed by atoms with van der Waals surface area (Å²) in [6.45, 7) is 3.80. The molecule has 1 aliphatic carbocycles. The number of aryl methyl sites for hydroxylation is 1. The minimum absolute atomic E-state index is 0.176. The van der Waals surface area contributed by atoms with Crippen LogP contribution in [0.2, 0.25) is 0 Å². The highest BCUT2D eigenvalue weighted by Crippen LogP contribution is 2.32. The van der Waals surface area contributed by atoms with Gasteiger partial charge in [-0.3, -0.25) is 10.1 Å². The molecule has 1 fully saturated rings. The first-order valence-electron chi connectivity index (χ1n) is 7.20. The van der Waals surface area contributed by atoms with E-state index in [1.807, 2.05) is 0 Å². The van der Waals surface area contributed by atoms with Crippen LogP contribution in [0.3, 0.4) is 0 Å². The third-order valence-electron chi connectivity index (χ3n) is 4.18. The van der Waals surface area contributed by atoms with Crippen molar-refractivity contribution in [1.82, 2.24) is 0 Å². The van der Waals surface area contributed by atoms with Crippen molar-refractivity contribution in [3.63, 3.8) is 0 Å². The highest BCUT2D eigenvalue weighted by molar-refractivity contribution is 5.63. The lowest BCUT2D eigenvalue weighted by Crippen LogP contribution is -2.26. The number of anilines is 1. The van der Waals surface area contributed by atoms with Crippen LogP contribution >= 0.6 is 0 Å². The zero-order valence-electron chi connectivity index (χ0n) is 12.0. The summed E-state index contributed by atoms with van der Waals surface area (Å²) < 4.78 is 13.5. The minimum atomic E-state index is -0.531. The Morgan fingerprint density at radius 1 is 1.30 bits per heavy atom. The van der Waals surface area contributed by atoms with Crippen molar-refractivity contribution < 1.29 is 9.31 Å². The highest BCUT2D eigenvalue weighted by Gasteiger charge is 2.24. The predicted octanol–water partition coefficient (Wildman–Crippen LogP) is 4.42. The number of rotatable bonds is 3. The molecular weight excluding hydrogens is 259 g/mol. The van der Waals surface area contributed by atoms with Crippen LogP contribution < -0.4 is 5.32 Å². The summed E-state index contributed by atoms with van der Waals surface area (Å²) in [6, 6.07) is 2.78. The molecule has 1 saturated carbocycles. The zero-order chi connectivity index (χ0) is 14.7. The summed E-state index contributed by atoms with van der Waals surface area (Å²) in [4.78, 5) is 10.6. The SMILES string of the molecule is Cc1cc(NC2CCCCCC2C)c([N+](=O)[O-])cc1F. The summed E-state index contributed by atoms with van der Waals surface area (Å²) in [7, 11) is 0. The van der Waals surface area contributed by atoms with Crippen LogP contribution in [0, 0.1) is 28.8 Å². The maximum Gasteiger partial charge on any atom is 0.295 e. The van der Waals surface area contributed by atoms with E-state index in [-0.39, 0.29) is 11.7 Å². The lowest BCUT2D eigenvalue weighted by atomic mass is 9.96. The van der Waals surface area contributed by atoms with Gasteiger partial charge in [0.25, 0.3) is 5.69 Å². The third-order valence-corrected chi connectivity index (χ3v) is 4.18. The number of nitro benzene ring substituents is 1. The van der Waals surface area contributed by atoms with Gasteiger partial charge in [0, 0.05) is 6.04 Å². The number of nitrogens with one attached hydrogen (secondary N) is 1. The van der Waals surface area contributed by atoms with Gasteiger partial charge in [-0.15, -0.1) is 0 Å². The van der Waals surface area contributed by atoms with Crippen molar-refractivity contribution in [2.24, 2.45) is 5.92 Å². The molecule has 1 N–H and O–H groups in total. The van der Waals surface area contributed by atoms with E-state index in [0.29, 0.717) is 17.2 Å². The molecule has 20 heavy (non-hydrogen) atoms. The summed E-state index contributed by atoms with van der Waals surface area (Å²) in [5.74, 6) is -0.0568. The standard InChI is InChI=1S/C15H21FN2O2/c1-10-6-4-3-5-7-13(10)17-14-8-11(2)12(16)9-15(14)18(19)20/h8-10,13,17H,3-7H2,1-2H3. The Kier molecular flexibility index (Phi) is 4.57. The van der Waals surface area contributed by atoms with Gasteiger partial charge >= 0.3 is 0 Å². The lowest BCUT2D eigenvalue weighted by molar-refractivity contribution is -0.384. The lowest BCUT2D eigenvalue weighted by Gasteiger charge is -2.24. The Morgan fingerprint density at radius 2 is 2.00 bits per heavy atom. The Labute approximate surface area is 118 Å². The second-order valence-electron chi connectivity index (χ2n) is 5.74. The molecule has 4 nitrogen and oxygen atoms in total. The van der Waals surface area contributed by atoms with E-state index in [2.05, 4.69) is 12.2 Å². The van der Waals surface area contributed by atoms with Gasteiger partial charge in [0.15, 0.2) is 0 Å². The average molecular weight is 280 g/mol. The number of nitro groups is 1. The van der Waals surface area contributed by atoms with E-state index in [4.69, 9.17) is 0 Å². The number of hydrogen-bond donors (Lipinski definition) is 1. The van der Waals surface area contributed by atoms with Gasteiger partial charge in [0.05, 0.1) is 11.0 Å². The van der Waals surface area contributed by atoms with Crippen LogP contribution in [0.4, 0.5) is 15.8 Å². The first-order chi connectivity index (χ1) is 9.49. The van der Waals surface area contributed by atoms with Gasteiger partial charge in [-0.1, -0.05) is 26.2 Å². The van der Waals surface area contributed by atoms with Gasteiger partial charge in [0.1, 0.15) is 11.5 Å². The number of hydrogen-bond acceptors (Lipinski definition) is 3. The van der Waals surface area contributed by atoms with E-state index in [1.54, 1.807) is 13.0 Å². The zero-order valence-corrected chi connectivity index (χ0v) is 12.0. The van der Waals surface area contributed by atoms with Crippen LogP contribution in [0.5, 0.6) is 0 Å². The third kappa shape index (κ3) is 3.26. The van der Waals surface area contributed by atoms with Crippen molar-refractivity contribution in [1.29, 1.82) is 0 Å². The van der Waals surface area contributed by atoms with Gasteiger partial charge in [-0.25, -0.2) is 4.39 Å². The molecule has 0 bridgehead atoms. The molecule has 1 aliphatic rings. The largest absolute Gasteiger partial charge is 0.376 e. The van der Waals surface area contributed by atoms with Gasteiger partial charge in [0.2, 0.25) is 0 Å². The molecule has 2 unspecified atom stereocenters. The monoisotopic (exact) mass is 280 g/mol. The van der Waals surface area contributed by atoms with Gasteiger partial charge < -0.3 is 5.32 Å². The molecule has 2 atom stereocenters. The topological polar surface area (TPSA) is 55.2 Å². The van der Waals surface area contributed by atoms with E-state index in [9.17, 15) is 14.5 Å². The Morgan fingerprint density at radius 3 is 2.70 bits per heavy atom. The highest BCUT2D eigenvalue weighted by atomic mass is 19.1. The van der Waals surface area contributed by atoms with E-state index in [1.165, 1.54) is 12.8 Å². The smallest absolute Gasteiger partial charge is 0.295 e. The molecular formula is C15H21FN2O2. The molecule has 2 rings (SSSR count). The molecule has 0 heterocycles. The molecule has 0 radical (unpaired) electrons. The number of benzene rings is 1. The van der Waals surface area contributed by atoms with Crippen LogP contribution in [0.15, 0.2) is 12.1 Å². The van der Waals surface area contributed by atoms with Crippen molar-refractivity contribution in [2.45, 2.75) is 52.0 Å². The van der Waals surface area contributed by atoms with Crippen LogP contribution in [0.1, 0.15) is 44.6 Å². The first kappa shape index (κ1) is 14.8. The fraction of sp³-hybridized carbons (Fsp3) is 0.600. The quantitative estimate of drug-likeness (QED) is 0.506. The number of halogens is 1. The fourth-order valence-corrected chi connectivity index (χ4v) is 2.84. The van der Waals surface area contributed by atoms with Gasteiger partial charge in [-0.05, 0) is 37.3 Å². The van der Waals surface area contributed by atoms with Gasteiger partial charge in [-0.2, -0.15) is 0 Å². The van der Waals surface area contributed by atoms with Crippen LogP contribution in [-0.2, 0) is 0 Å². The van der Waals surface area contributed by atoms with Crippen LogP contribution in [-0.4, -0.2) is 11.0 Å². The molecule has 0 aromatic heterocycles. The van der Waals surface area contributed by atoms with Crippen molar-refractivity contribution in [3.8, 4) is 0 Å². The van der Waals surface area contributed by atoms with Crippen molar-refractivity contribution in [2.75, 3.05) is 5.32 Å². The molecule has 0 aliphatic heterocycles. The van der Waals surface area contributed by atoms with Crippen molar-refractivity contribution in [3.05, 3.63) is 33.6 Å². The summed E-state index contributed by atoms with van der Waals surface area (Å²) in [5, 5.41) is 14.4. The Bertz CT molecular complexity index is 505. The minimum Gasteiger partial charge on any atom is -0.376 e. The summed E-state index contributed by atoms with van der Waals surface area (Å²) in [5.41, 5.74) is 0.691. The molecule has 0 saturated heterocycles. The molecule has 1 aromatic carbocycles. The molecule has 5 heteroatoms. The van der Waals surface area contributed by atoms with Crippen LogP contribution in [0.25, 0.3) is 0 Å². The molecule has 0 amide bonds. The maximum absolute atomic E-state index is 13.5.